The SMILES string of the molecule is CCOC(=O)c1c2n(c3cc(-c4ccccc4)c(F)cc3c1=O)CS2. The maximum Gasteiger partial charge on any atom is 0.344 e. The van der Waals surface area contributed by atoms with Crippen molar-refractivity contribution in [2.24, 2.45) is 0 Å². The first-order chi connectivity index (χ1) is 12.1. The normalized spacial score (nSPS) is 12.6. The second kappa shape index (κ2) is 6.04. The highest BCUT2D eigenvalue weighted by molar-refractivity contribution is 7.99. The standard InChI is InChI=1S/C19H14FNO3S/c1-2-24-19(23)16-17(22)13-8-14(20)12(11-6-4-3-5-7-11)9-15(13)21-10-25-18(16)21/h3-9H,2,10H2,1H3. The Morgan fingerprint density at radius 3 is 2.68 bits per heavy atom. The first-order valence-electron chi connectivity index (χ1n) is 7.87. The number of carbonyl (C=O) groups is 1. The number of hydrogen-bond donors (Lipinski definition) is 0. The number of hydrogen-bond acceptors (Lipinski definition) is 4. The van der Waals surface area contributed by atoms with Crippen LogP contribution in [0.15, 0.2) is 52.3 Å². The van der Waals surface area contributed by atoms with Crippen LogP contribution in [-0.2, 0) is 10.6 Å². The van der Waals surface area contributed by atoms with E-state index in [9.17, 15) is 14.0 Å². The van der Waals surface area contributed by atoms with E-state index < -0.39 is 17.2 Å². The van der Waals surface area contributed by atoms with Crippen molar-refractivity contribution >= 4 is 28.6 Å². The lowest BCUT2D eigenvalue weighted by molar-refractivity contribution is 0.0518. The lowest BCUT2D eigenvalue weighted by Crippen LogP contribution is -2.27. The fourth-order valence-electron chi connectivity index (χ4n) is 3.00. The molecule has 1 aliphatic rings. The Kier molecular flexibility index (Phi) is 3.84. The molecule has 6 heteroatoms. The molecule has 4 nitrogen and oxygen atoms in total. The van der Waals surface area contributed by atoms with Crippen molar-refractivity contribution < 1.29 is 13.9 Å². The highest BCUT2D eigenvalue weighted by Gasteiger charge is 2.29. The van der Waals surface area contributed by atoms with Gasteiger partial charge in [-0.3, -0.25) is 4.79 Å². The monoisotopic (exact) mass is 355 g/mol. The van der Waals surface area contributed by atoms with Gasteiger partial charge in [0.15, 0.2) is 0 Å². The molecule has 0 saturated carbocycles. The largest absolute Gasteiger partial charge is 0.462 e. The molecule has 0 bridgehead atoms. The Labute approximate surface area is 147 Å². The molecule has 0 amide bonds. The number of pyridine rings is 1. The van der Waals surface area contributed by atoms with E-state index in [0.717, 1.165) is 5.56 Å². The Balaban J connectivity index is 2.00. The highest BCUT2D eigenvalue weighted by atomic mass is 32.2. The van der Waals surface area contributed by atoms with Crippen LogP contribution < -0.4 is 5.43 Å². The van der Waals surface area contributed by atoms with Gasteiger partial charge in [0.05, 0.1) is 23.0 Å². The molecule has 0 atom stereocenters. The number of halogens is 1. The quantitative estimate of drug-likeness (QED) is 0.665. The molecule has 1 aliphatic heterocycles. The minimum absolute atomic E-state index is 0.00235. The van der Waals surface area contributed by atoms with Crippen LogP contribution in [0.5, 0.6) is 0 Å². The van der Waals surface area contributed by atoms with Gasteiger partial charge in [0.1, 0.15) is 11.4 Å². The molecule has 0 unspecified atom stereocenters. The molecule has 0 fully saturated rings. The first-order valence-corrected chi connectivity index (χ1v) is 8.85. The summed E-state index contributed by atoms with van der Waals surface area (Å²) in [5.41, 5.74) is 1.32. The maximum atomic E-state index is 14.6. The van der Waals surface area contributed by atoms with Crippen LogP contribution in [0, 0.1) is 5.82 Å². The molecule has 3 aromatic rings. The average molecular weight is 355 g/mol. The Morgan fingerprint density at radius 2 is 2.04 bits per heavy atom. The lowest BCUT2D eigenvalue weighted by Gasteiger charge is -2.26. The van der Waals surface area contributed by atoms with Gasteiger partial charge in [-0.15, -0.1) is 0 Å². The maximum absolute atomic E-state index is 14.6. The van der Waals surface area contributed by atoms with Crippen LogP contribution in [0.3, 0.4) is 0 Å². The Morgan fingerprint density at radius 1 is 1.28 bits per heavy atom. The Bertz CT molecular complexity index is 1060. The minimum Gasteiger partial charge on any atom is -0.462 e. The van der Waals surface area contributed by atoms with Gasteiger partial charge in [0.2, 0.25) is 5.43 Å². The van der Waals surface area contributed by atoms with Gasteiger partial charge in [-0.05, 0) is 24.6 Å². The van der Waals surface area contributed by atoms with Gasteiger partial charge in [0, 0.05) is 10.9 Å². The van der Waals surface area contributed by atoms with Crippen molar-refractivity contribution in [3.63, 3.8) is 0 Å². The zero-order valence-corrected chi connectivity index (χ0v) is 14.2. The zero-order valence-electron chi connectivity index (χ0n) is 13.4. The first kappa shape index (κ1) is 15.9. The van der Waals surface area contributed by atoms with Crippen molar-refractivity contribution in [3.8, 4) is 11.1 Å². The summed E-state index contributed by atoms with van der Waals surface area (Å²) >= 11 is 1.41. The van der Waals surface area contributed by atoms with Crippen molar-refractivity contribution in [2.45, 2.75) is 17.8 Å². The number of benzene rings is 2. The van der Waals surface area contributed by atoms with Gasteiger partial charge in [-0.25, -0.2) is 9.18 Å². The molecule has 1 aromatic heterocycles. The summed E-state index contributed by atoms with van der Waals surface area (Å²) in [4.78, 5) is 24.9. The summed E-state index contributed by atoms with van der Waals surface area (Å²) in [6, 6.07) is 12.1. The third kappa shape index (κ3) is 2.44. The second-order valence-electron chi connectivity index (χ2n) is 5.65. The van der Waals surface area contributed by atoms with Crippen LogP contribution in [0.2, 0.25) is 0 Å². The third-order valence-electron chi connectivity index (χ3n) is 4.20. The van der Waals surface area contributed by atoms with Crippen molar-refractivity contribution in [1.82, 2.24) is 4.57 Å². The molecule has 0 radical (unpaired) electrons. The molecule has 2 heterocycles. The van der Waals surface area contributed by atoms with Gasteiger partial charge in [-0.1, -0.05) is 42.1 Å². The summed E-state index contributed by atoms with van der Waals surface area (Å²) in [5, 5.41) is 0.783. The number of esters is 1. The summed E-state index contributed by atoms with van der Waals surface area (Å²) in [7, 11) is 0. The van der Waals surface area contributed by atoms with Gasteiger partial charge in [0.25, 0.3) is 0 Å². The molecular formula is C19H14FNO3S. The zero-order chi connectivity index (χ0) is 17.6. The fourth-order valence-corrected chi connectivity index (χ4v) is 3.95. The summed E-state index contributed by atoms with van der Waals surface area (Å²) in [6.07, 6.45) is 0. The van der Waals surface area contributed by atoms with E-state index >= 15 is 0 Å². The van der Waals surface area contributed by atoms with Gasteiger partial charge >= 0.3 is 5.97 Å². The van der Waals surface area contributed by atoms with E-state index in [1.54, 1.807) is 13.0 Å². The Hall–Kier alpha value is -2.60. The van der Waals surface area contributed by atoms with Crippen LogP contribution in [0.1, 0.15) is 17.3 Å². The average Bonchev–Trinajstić information content (AvgIpc) is 2.59. The smallest absolute Gasteiger partial charge is 0.344 e. The van der Waals surface area contributed by atoms with Gasteiger partial charge in [-0.2, -0.15) is 0 Å². The predicted molar refractivity (Wildman–Crippen MR) is 95.4 cm³/mol. The number of aromatic nitrogens is 1. The minimum atomic E-state index is -0.655. The van der Waals surface area contributed by atoms with E-state index in [1.165, 1.54) is 17.8 Å². The molecule has 126 valence electrons. The third-order valence-corrected chi connectivity index (χ3v) is 5.29. The number of ether oxygens (including phenoxy) is 1. The molecule has 4 rings (SSSR count). The van der Waals surface area contributed by atoms with E-state index in [0.29, 0.717) is 22.0 Å². The molecule has 0 spiro atoms. The highest BCUT2D eigenvalue weighted by Crippen LogP contribution is 2.38. The van der Waals surface area contributed by atoms with Crippen LogP contribution >= 0.6 is 11.8 Å². The van der Waals surface area contributed by atoms with Crippen LogP contribution in [0.25, 0.3) is 22.0 Å². The summed E-state index contributed by atoms with van der Waals surface area (Å²) < 4.78 is 21.5. The van der Waals surface area contributed by atoms with E-state index in [-0.39, 0.29) is 17.6 Å². The number of fused-ring (bicyclic) bond motifs is 3. The number of nitrogens with zero attached hydrogens (tertiary/aromatic N) is 1. The van der Waals surface area contributed by atoms with E-state index in [4.69, 9.17) is 4.74 Å². The van der Waals surface area contributed by atoms with E-state index in [2.05, 4.69) is 0 Å². The molecule has 25 heavy (non-hydrogen) atoms. The molecule has 0 saturated heterocycles. The molecule has 0 aliphatic carbocycles. The number of carbonyl (C=O) groups excluding carboxylic acids is 1. The summed E-state index contributed by atoms with van der Waals surface area (Å²) in [5.74, 6) is -0.533. The lowest BCUT2D eigenvalue weighted by atomic mass is 10.0. The van der Waals surface area contributed by atoms with Crippen molar-refractivity contribution in [1.29, 1.82) is 0 Å². The second-order valence-corrected chi connectivity index (χ2v) is 6.58. The molecular weight excluding hydrogens is 341 g/mol. The number of thioether (sulfide) groups is 1. The van der Waals surface area contributed by atoms with Gasteiger partial charge < -0.3 is 9.30 Å². The molecule has 2 aromatic carbocycles. The topological polar surface area (TPSA) is 48.3 Å². The van der Waals surface area contributed by atoms with E-state index in [1.807, 2.05) is 34.9 Å². The van der Waals surface area contributed by atoms with Crippen molar-refractivity contribution in [3.05, 3.63) is 64.1 Å². The van der Waals surface area contributed by atoms with Crippen molar-refractivity contribution in [2.75, 3.05) is 6.61 Å². The molecule has 0 N–H and O–H groups in total. The fraction of sp³-hybridized carbons (Fsp3) is 0.158. The number of rotatable bonds is 3. The van der Waals surface area contributed by atoms with Crippen LogP contribution in [0.4, 0.5) is 4.39 Å². The van der Waals surface area contributed by atoms with Crippen LogP contribution in [-0.4, -0.2) is 17.1 Å². The summed E-state index contributed by atoms with van der Waals surface area (Å²) in [6.45, 7) is 1.86. The predicted octanol–water partition coefficient (Wildman–Crippen LogP) is 4.05.